The van der Waals surface area contributed by atoms with Gasteiger partial charge in [0.2, 0.25) is 5.91 Å². The normalized spacial score (nSPS) is 17.5. The molecule has 1 aliphatic heterocycles. The monoisotopic (exact) mass is 305 g/mol. The summed E-state index contributed by atoms with van der Waals surface area (Å²) in [5.74, 6) is 0.155. The quantitative estimate of drug-likeness (QED) is 0.819. The van der Waals surface area contributed by atoms with Crippen LogP contribution in [0.4, 0.5) is 11.4 Å². The van der Waals surface area contributed by atoms with Crippen LogP contribution < -0.4 is 10.6 Å². The summed E-state index contributed by atoms with van der Waals surface area (Å²) in [6.07, 6.45) is 2.79. The van der Waals surface area contributed by atoms with Gasteiger partial charge < -0.3 is 20.3 Å². The number of ether oxygens (including phenoxy) is 1. The summed E-state index contributed by atoms with van der Waals surface area (Å²) in [6, 6.07) is 5.86. The lowest BCUT2D eigenvalue weighted by Crippen LogP contribution is -2.36. The molecule has 1 saturated heterocycles. The standard InChI is InChI=1S/C17H27N3O2/c1-4-17(21)20(12-15-6-5-9-22-15)11-13-10-14(18)7-8-16(13)19(2)3/h7-8,10,15H,4-6,9,11-12,18H2,1-3H3/t15-/m1/s1. The maximum absolute atomic E-state index is 12.3. The van der Waals surface area contributed by atoms with Crippen LogP contribution in [0.2, 0.25) is 0 Å². The number of nitrogens with zero attached hydrogens (tertiary/aromatic N) is 2. The summed E-state index contributed by atoms with van der Waals surface area (Å²) >= 11 is 0. The number of carbonyl (C=O) groups is 1. The lowest BCUT2D eigenvalue weighted by molar-refractivity contribution is -0.133. The van der Waals surface area contributed by atoms with Gasteiger partial charge in [0.15, 0.2) is 0 Å². The van der Waals surface area contributed by atoms with Crippen molar-refractivity contribution in [2.75, 3.05) is 37.9 Å². The molecule has 0 aromatic heterocycles. The number of nitrogens with two attached hydrogens (primary N) is 1. The zero-order valence-corrected chi connectivity index (χ0v) is 13.8. The molecule has 5 nitrogen and oxygen atoms in total. The first-order valence-electron chi connectivity index (χ1n) is 7.96. The highest BCUT2D eigenvalue weighted by atomic mass is 16.5. The number of carbonyl (C=O) groups excluding carboxylic acids is 1. The summed E-state index contributed by atoms with van der Waals surface area (Å²) < 4.78 is 5.69. The largest absolute Gasteiger partial charge is 0.399 e. The molecule has 0 aliphatic carbocycles. The molecule has 0 bridgehead atoms. The lowest BCUT2D eigenvalue weighted by atomic mass is 10.1. The van der Waals surface area contributed by atoms with Gasteiger partial charge in [0.05, 0.1) is 6.10 Å². The molecule has 1 aliphatic rings. The van der Waals surface area contributed by atoms with Gasteiger partial charge in [-0.05, 0) is 36.6 Å². The Labute approximate surface area is 133 Å². The molecule has 0 radical (unpaired) electrons. The van der Waals surface area contributed by atoms with Crippen molar-refractivity contribution in [2.45, 2.75) is 38.8 Å². The molecule has 0 saturated carbocycles. The number of nitrogen functional groups attached to an aromatic ring is 1. The van der Waals surface area contributed by atoms with E-state index in [0.717, 1.165) is 36.4 Å². The lowest BCUT2D eigenvalue weighted by Gasteiger charge is -2.27. The molecule has 2 rings (SSSR count). The van der Waals surface area contributed by atoms with Gasteiger partial charge in [0.25, 0.3) is 0 Å². The van der Waals surface area contributed by atoms with Crippen LogP contribution in [0.5, 0.6) is 0 Å². The average molecular weight is 305 g/mol. The Balaban J connectivity index is 2.18. The van der Waals surface area contributed by atoms with Crippen LogP contribution >= 0.6 is 0 Å². The molecular formula is C17H27N3O2. The third-order valence-corrected chi connectivity index (χ3v) is 4.05. The first-order chi connectivity index (χ1) is 10.5. The van der Waals surface area contributed by atoms with Crippen LogP contribution in [0.1, 0.15) is 31.7 Å². The summed E-state index contributed by atoms with van der Waals surface area (Å²) in [5.41, 5.74) is 8.82. The van der Waals surface area contributed by atoms with Gasteiger partial charge in [-0.15, -0.1) is 0 Å². The van der Waals surface area contributed by atoms with Crippen molar-refractivity contribution >= 4 is 17.3 Å². The summed E-state index contributed by atoms with van der Waals surface area (Å²) in [6.45, 7) is 3.94. The fraction of sp³-hybridized carbons (Fsp3) is 0.588. The van der Waals surface area contributed by atoms with Gasteiger partial charge in [-0.2, -0.15) is 0 Å². The molecule has 1 aromatic carbocycles. The van der Waals surface area contributed by atoms with Gasteiger partial charge in [0.1, 0.15) is 0 Å². The average Bonchev–Trinajstić information content (AvgIpc) is 2.98. The van der Waals surface area contributed by atoms with E-state index in [1.807, 2.05) is 44.1 Å². The molecule has 22 heavy (non-hydrogen) atoms. The van der Waals surface area contributed by atoms with E-state index < -0.39 is 0 Å². The maximum atomic E-state index is 12.3. The van der Waals surface area contributed by atoms with Crippen LogP contribution in [0, 0.1) is 0 Å². The van der Waals surface area contributed by atoms with Crippen molar-refractivity contribution in [3.8, 4) is 0 Å². The third-order valence-electron chi connectivity index (χ3n) is 4.05. The van der Waals surface area contributed by atoms with Gasteiger partial charge in [0, 0.05) is 51.6 Å². The van der Waals surface area contributed by atoms with Gasteiger partial charge in [-0.25, -0.2) is 0 Å². The van der Waals surface area contributed by atoms with E-state index in [1.54, 1.807) is 0 Å². The Morgan fingerprint density at radius 1 is 1.41 bits per heavy atom. The second-order valence-corrected chi connectivity index (χ2v) is 6.05. The van der Waals surface area contributed by atoms with Crippen LogP contribution in [-0.4, -0.2) is 44.2 Å². The number of benzene rings is 1. The van der Waals surface area contributed by atoms with E-state index in [-0.39, 0.29) is 12.0 Å². The van der Waals surface area contributed by atoms with Crippen LogP contribution in [0.3, 0.4) is 0 Å². The van der Waals surface area contributed by atoms with Crippen molar-refractivity contribution in [3.63, 3.8) is 0 Å². The smallest absolute Gasteiger partial charge is 0.222 e. The van der Waals surface area contributed by atoms with Crippen molar-refractivity contribution in [1.29, 1.82) is 0 Å². The molecule has 1 heterocycles. The second-order valence-electron chi connectivity index (χ2n) is 6.05. The van der Waals surface area contributed by atoms with E-state index in [4.69, 9.17) is 10.5 Å². The minimum Gasteiger partial charge on any atom is -0.399 e. The SMILES string of the molecule is CCC(=O)N(Cc1cc(N)ccc1N(C)C)C[C@H]1CCCO1. The van der Waals surface area contributed by atoms with E-state index >= 15 is 0 Å². The zero-order chi connectivity index (χ0) is 16.1. The highest BCUT2D eigenvalue weighted by Gasteiger charge is 2.22. The predicted molar refractivity (Wildman–Crippen MR) is 89.9 cm³/mol. The molecule has 5 heteroatoms. The first kappa shape index (κ1) is 16.6. The fourth-order valence-electron chi connectivity index (χ4n) is 2.89. The number of hydrogen-bond donors (Lipinski definition) is 1. The van der Waals surface area contributed by atoms with Crippen molar-refractivity contribution in [2.24, 2.45) is 0 Å². The van der Waals surface area contributed by atoms with E-state index in [9.17, 15) is 4.79 Å². The Hall–Kier alpha value is -1.75. The van der Waals surface area contributed by atoms with Gasteiger partial charge in [-0.3, -0.25) is 4.79 Å². The molecular weight excluding hydrogens is 278 g/mol. The zero-order valence-electron chi connectivity index (χ0n) is 13.8. The molecule has 1 amide bonds. The first-order valence-corrected chi connectivity index (χ1v) is 7.96. The van der Waals surface area contributed by atoms with Crippen molar-refractivity contribution < 1.29 is 9.53 Å². The van der Waals surface area contributed by atoms with Gasteiger partial charge in [-0.1, -0.05) is 6.92 Å². The van der Waals surface area contributed by atoms with E-state index in [2.05, 4.69) is 4.90 Å². The molecule has 1 fully saturated rings. The molecule has 0 spiro atoms. The topological polar surface area (TPSA) is 58.8 Å². The summed E-state index contributed by atoms with van der Waals surface area (Å²) in [7, 11) is 4.00. The maximum Gasteiger partial charge on any atom is 0.222 e. The minimum atomic E-state index is 0.155. The Morgan fingerprint density at radius 3 is 2.77 bits per heavy atom. The number of anilines is 2. The van der Waals surface area contributed by atoms with Crippen LogP contribution in [0.25, 0.3) is 0 Å². The fourth-order valence-corrected chi connectivity index (χ4v) is 2.89. The Morgan fingerprint density at radius 2 is 2.18 bits per heavy atom. The Kier molecular flexibility index (Phi) is 5.66. The van der Waals surface area contributed by atoms with Crippen molar-refractivity contribution in [3.05, 3.63) is 23.8 Å². The molecule has 122 valence electrons. The molecule has 1 atom stereocenters. The molecule has 2 N–H and O–H groups in total. The van der Waals surface area contributed by atoms with Gasteiger partial charge >= 0.3 is 0 Å². The highest BCUT2D eigenvalue weighted by Crippen LogP contribution is 2.24. The van der Waals surface area contributed by atoms with Crippen LogP contribution in [-0.2, 0) is 16.1 Å². The number of amides is 1. The Bertz CT molecular complexity index is 511. The van der Waals surface area contributed by atoms with Crippen LogP contribution in [0.15, 0.2) is 18.2 Å². The number of hydrogen-bond acceptors (Lipinski definition) is 4. The number of rotatable bonds is 6. The highest BCUT2D eigenvalue weighted by molar-refractivity contribution is 5.76. The third kappa shape index (κ3) is 4.13. The van der Waals surface area contributed by atoms with Crippen molar-refractivity contribution in [1.82, 2.24) is 4.90 Å². The van der Waals surface area contributed by atoms with E-state index in [0.29, 0.717) is 19.5 Å². The minimum absolute atomic E-state index is 0.155. The molecule has 1 aromatic rings. The molecule has 0 unspecified atom stereocenters. The summed E-state index contributed by atoms with van der Waals surface area (Å²) in [5, 5.41) is 0. The van der Waals surface area contributed by atoms with E-state index in [1.165, 1.54) is 0 Å². The second kappa shape index (κ2) is 7.49. The predicted octanol–water partition coefficient (Wildman–Crippen LogP) is 2.25. The summed E-state index contributed by atoms with van der Waals surface area (Å²) in [4.78, 5) is 16.2.